The van der Waals surface area contributed by atoms with Gasteiger partial charge in [0.25, 0.3) is 0 Å². The zero-order valence-electron chi connectivity index (χ0n) is 24.4. The highest BCUT2D eigenvalue weighted by Crippen LogP contribution is 2.37. The molecule has 1 atom stereocenters. The number of likely N-dealkylation sites (N-methyl/N-ethyl adjacent to an activating group) is 1. The van der Waals surface area contributed by atoms with Gasteiger partial charge in [0.2, 0.25) is 10.0 Å². The van der Waals surface area contributed by atoms with Crippen molar-refractivity contribution in [1.82, 2.24) is 4.31 Å². The lowest BCUT2D eigenvalue weighted by molar-refractivity contribution is -0.141. The van der Waals surface area contributed by atoms with Crippen molar-refractivity contribution in [2.45, 2.75) is 23.8 Å². The van der Waals surface area contributed by atoms with E-state index in [1.807, 2.05) is 60.7 Å². The molecule has 5 aromatic carbocycles. The van der Waals surface area contributed by atoms with Gasteiger partial charge in [-0.15, -0.1) is 0 Å². The minimum absolute atomic E-state index is 0.0358. The number of rotatable bonds is 10. The molecule has 1 unspecified atom stereocenters. The van der Waals surface area contributed by atoms with Crippen LogP contribution < -0.4 is 0 Å². The minimum Gasteiger partial charge on any atom is -0.480 e. The number of sulfonamides is 1. The number of fused-ring (bicyclic) bond motifs is 1. The van der Waals surface area contributed by atoms with Crippen molar-refractivity contribution in [2.24, 2.45) is 0 Å². The topological polar surface area (TPSA) is 87.8 Å². The van der Waals surface area contributed by atoms with E-state index in [0.29, 0.717) is 12.0 Å². The molecule has 45 heavy (non-hydrogen) atoms. The molecule has 0 radical (unpaired) electrons. The normalized spacial score (nSPS) is 12.4. The predicted octanol–water partition coefficient (Wildman–Crippen LogP) is 7.81. The van der Waals surface area contributed by atoms with Crippen molar-refractivity contribution in [1.29, 1.82) is 0 Å². The number of para-hydroxylation sites is 1. The number of carbonyl (C=O) groups is 1. The van der Waals surface area contributed by atoms with E-state index in [2.05, 4.69) is 18.2 Å². The van der Waals surface area contributed by atoms with Crippen LogP contribution in [0.5, 0.6) is 0 Å². The van der Waals surface area contributed by atoms with Gasteiger partial charge in [0, 0.05) is 24.4 Å². The van der Waals surface area contributed by atoms with Crippen molar-refractivity contribution >= 4 is 27.0 Å². The van der Waals surface area contributed by atoms with Gasteiger partial charge < -0.3 is 9.52 Å². The third-order valence-corrected chi connectivity index (χ3v) is 9.84. The zero-order chi connectivity index (χ0) is 31.6. The van der Waals surface area contributed by atoms with E-state index < -0.39 is 27.9 Å². The number of nitrogens with zero attached hydrogens (tertiary/aromatic N) is 1. The van der Waals surface area contributed by atoms with Crippen LogP contribution in [-0.2, 0) is 27.7 Å². The number of hydrogen-bond donors (Lipinski definition) is 1. The first-order chi connectivity index (χ1) is 21.7. The molecule has 6 aromatic rings. The lowest BCUT2D eigenvalue weighted by Crippen LogP contribution is -2.43. The summed E-state index contributed by atoms with van der Waals surface area (Å²) in [4.78, 5) is 12.0. The summed E-state index contributed by atoms with van der Waals surface area (Å²) in [6, 6.07) is 36.6. The molecule has 0 bridgehead atoms. The van der Waals surface area contributed by atoms with Gasteiger partial charge in [0.1, 0.15) is 23.2 Å². The molecule has 0 aliphatic carbocycles. The molecule has 0 aliphatic rings. The van der Waals surface area contributed by atoms with Crippen LogP contribution in [0.4, 0.5) is 4.39 Å². The Hall–Kier alpha value is -5.05. The molecule has 0 aliphatic heterocycles. The number of carboxylic acid groups (broad SMARTS) is 1. The third-order valence-electron chi connectivity index (χ3n) is 7.96. The third kappa shape index (κ3) is 6.29. The number of hydrogen-bond acceptors (Lipinski definition) is 4. The quantitative estimate of drug-likeness (QED) is 0.169. The van der Waals surface area contributed by atoms with E-state index in [1.165, 1.54) is 37.4 Å². The number of benzene rings is 5. The van der Waals surface area contributed by atoms with Crippen LogP contribution in [-0.4, -0.2) is 36.9 Å². The Labute approximate surface area is 261 Å². The molecule has 6 nitrogen and oxygen atoms in total. The van der Waals surface area contributed by atoms with E-state index in [9.17, 15) is 22.7 Å². The molecule has 0 spiro atoms. The second-order valence-corrected chi connectivity index (χ2v) is 12.9. The highest BCUT2D eigenvalue weighted by molar-refractivity contribution is 7.89. The van der Waals surface area contributed by atoms with Crippen LogP contribution in [0.1, 0.15) is 16.9 Å². The maximum atomic E-state index is 13.7. The molecular weight excluding hydrogens is 589 g/mol. The first-order valence-electron chi connectivity index (χ1n) is 14.4. The predicted molar refractivity (Wildman–Crippen MR) is 173 cm³/mol. The molecule has 0 fully saturated rings. The molecule has 0 saturated heterocycles. The fourth-order valence-corrected chi connectivity index (χ4v) is 6.87. The summed E-state index contributed by atoms with van der Waals surface area (Å²) in [6.07, 6.45) is 0.480. The van der Waals surface area contributed by atoms with Gasteiger partial charge in [-0.1, -0.05) is 97.1 Å². The molecule has 1 N–H and O–H groups in total. The molecule has 6 rings (SSSR count). The Kier molecular flexibility index (Phi) is 8.34. The summed E-state index contributed by atoms with van der Waals surface area (Å²) in [6.45, 7) is 0. The number of carboxylic acids is 1. The van der Waals surface area contributed by atoms with Gasteiger partial charge in [0.05, 0.1) is 4.90 Å². The second kappa shape index (κ2) is 12.5. The van der Waals surface area contributed by atoms with Gasteiger partial charge in [-0.05, 0) is 64.6 Å². The zero-order valence-corrected chi connectivity index (χ0v) is 25.2. The fraction of sp³-hybridized carbons (Fsp3) is 0.108. The van der Waals surface area contributed by atoms with Crippen LogP contribution in [0.15, 0.2) is 137 Å². The number of furan rings is 1. The SMILES string of the molecule is CN(C(Cc1cccc(F)c1)C(=O)O)S(=O)(=O)c1ccc(-c2ccc(-c3c(Cc4ccccc4)oc4ccccc34)cc2)cc1. The van der Waals surface area contributed by atoms with E-state index in [1.54, 1.807) is 18.2 Å². The van der Waals surface area contributed by atoms with Crippen LogP contribution in [0, 0.1) is 5.82 Å². The Balaban J connectivity index is 1.25. The Morgan fingerprint density at radius 2 is 1.38 bits per heavy atom. The van der Waals surface area contributed by atoms with Gasteiger partial charge in [-0.25, -0.2) is 12.8 Å². The first-order valence-corrected chi connectivity index (χ1v) is 15.9. The fourth-order valence-electron chi connectivity index (χ4n) is 5.56. The smallest absolute Gasteiger partial charge is 0.322 e. The van der Waals surface area contributed by atoms with Gasteiger partial charge in [0.15, 0.2) is 0 Å². The average Bonchev–Trinajstić information content (AvgIpc) is 3.41. The van der Waals surface area contributed by atoms with E-state index in [0.717, 1.165) is 48.9 Å². The Morgan fingerprint density at radius 3 is 2.04 bits per heavy atom. The Bertz CT molecular complexity index is 2070. The van der Waals surface area contributed by atoms with Crippen molar-refractivity contribution in [3.05, 3.63) is 150 Å². The lowest BCUT2D eigenvalue weighted by atomic mass is 9.96. The van der Waals surface area contributed by atoms with Gasteiger partial charge >= 0.3 is 5.97 Å². The lowest BCUT2D eigenvalue weighted by Gasteiger charge is -2.24. The average molecular weight is 620 g/mol. The standard InChI is InChI=1S/C37H30FNO5S/c1-39(33(37(40)41)23-26-10-7-11-30(38)22-26)45(42,43)31-20-18-28(19-21-31)27-14-16-29(17-15-27)36-32-12-5-6-13-34(32)44-35(36)24-25-8-3-2-4-9-25/h2-22,33H,23-24H2,1H3,(H,40,41). The van der Waals surface area contributed by atoms with Crippen LogP contribution in [0.25, 0.3) is 33.2 Å². The van der Waals surface area contributed by atoms with Crippen molar-refractivity contribution < 1.29 is 27.1 Å². The second-order valence-electron chi connectivity index (χ2n) is 10.9. The van der Waals surface area contributed by atoms with Crippen molar-refractivity contribution in [2.75, 3.05) is 7.05 Å². The largest absolute Gasteiger partial charge is 0.480 e. The monoisotopic (exact) mass is 619 g/mol. The summed E-state index contributed by atoms with van der Waals surface area (Å²) in [5.74, 6) is -0.957. The first kappa shape index (κ1) is 30.0. The van der Waals surface area contributed by atoms with Crippen LogP contribution in [0.3, 0.4) is 0 Å². The highest BCUT2D eigenvalue weighted by Gasteiger charge is 2.33. The highest BCUT2D eigenvalue weighted by atomic mass is 32.2. The summed E-state index contributed by atoms with van der Waals surface area (Å²) >= 11 is 0. The molecule has 0 amide bonds. The van der Waals surface area contributed by atoms with E-state index >= 15 is 0 Å². The van der Waals surface area contributed by atoms with Gasteiger partial charge in [-0.3, -0.25) is 4.79 Å². The molecular formula is C37H30FNO5S. The van der Waals surface area contributed by atoms with Crippen LogP contribution in [0.2, 0.25) is 0 Å². The van der Waals surface area contributed by atoms with Gasteiger partial charge in [-0.2, -0.15) is 4.31 Å². The maximum absolute atomic E-state index is 13.7. The Morgan fingerprint density at radius 1 is 0.778 bits per heavy atom. The minimum atomic E-state index is -4.15. The molecule has 0 saturated carbocycles. The summed E-state index contributed by atoms with van der Waals surface area (Å²) < 4.78 is 47.6. The summed E-state index contributed by atoms with van der Waals surface area (Å²) in [7, 11) is -2.92. The summed E-state index contributed by atoms with van der Waals surface area (Å²) in [5, 5.41) is 10.8. The maximum Gasteiger partial charge on any atom is 0.322 e. The summed E-state index contributed by atoms with van der Waals surface area (Å²) in [5.41, 5.74) is 6.11. The molecule has 1 heterocycles. The van der Waals surface area contributed by atoms with E-state index in [4.69, 9.17) is 4.42 Å². The van der Waals surface area contributed by atoms with E-state index in [-0.39, 0.29) is 11.3 Å². The molecule has 8 heteroatoms. The van der Waals surface area contributed by atoms with Crippen molar-refractivity contribution in [3.8, 4) is 22.3 Å². The molecule has 226 valence electrons. The number of halogens is 1. The molecule has 1 aromatic heterocycles. The number of aliphatic carboxylic acids is 1. The van der Waals surface area contributed by atoms with Crippen LogP contribution >= 0.6 is 0 Å². The van der Waals surface area contributed by atoms with Crippen molar-refractivity contribution in [3.63, 3.8) is 0 Å².